The van der Waals surface area contributed by atoms with E-state index in [1.165, 1.54) is 0 Å². The number of aliphatic carboxylic acids is 1. The quantitative estimate of drug-likeness (QED) is 0.143. The number of ether oxygens (including phenoxy) is 1. The van der Waals surface area contributed by atoms with E-state index in [2.05, 4.69) is 76.6 Å². The number of carboxylic acids is 1. The lowest BCUT2D eigenvalue weighted by molar-refractivity contribution is -0.139. The lowest BCUT2D eigenvalue weighted by atomic mass is 9.76. The molecular formula is C45H36N2O4. The zero-order valence-electron chi connectivity index (χ0n) is 27.9. The number of aromatic nitrogens is 1. The van der Waals surface area contributed by atoms with Crippen LogP contribution in [0.1, 0.15) is 39.3 Å². The summed E-state index contributed by atoms with van der Waals surface area (Å²) in [5.74, 6) is -1.27. The number of fused-ring (bicyclic) bond motifs is 4. The van der Waals surface area contributed by atoms with Gasteiger partial charge >= 0.3 is 12.1 Å². The summed E-state index contributed by atoms with van der Waals surface area (Å²) in [6.07, 6.45) is 1.34. The lowest BCUT2D eigenvalue weighted by Gasteiger charge is -2.38. The number of nitrogens with one attached hydrogen (secondary N) is 1. The summed E-state index contributed by atoms with van der Waals surface area (Å²) in [5, 5.41) is 14.0. The number of amides is 1. The van der Waals surface area contributed by atoms with Crippen LogP contribution >= 0.6 is 0 Å². The Kier molecular flexibility index (Phi) is 8.42. The van der Waals surface area contributed by atoms with E-state index in [0.29, 0.717) is 0 Å². The van der Waals surface area contributed by atoms with Gasteiger partial charge in [0.15, 0.2) is 0 Å². The Bertz CT molecular complexity index is 2190. The van der Waals surface area contributed by atoms with Gasteiger partial charge in [-0.25, -0.2) is 9.59 Å². The van der Waals surface area contributed by atoms with Crippen molar-refractivity contribution in [1.82, 2.24) is 9.88 Å². The molecule has 0 fully saturated rings. The number of hydrogen-bond acceptors (Lipinski definition) is 3. The third-order valence-electron chi connectivity index (χ3n) is 10.1. The molecule has 6 heteroatoms. The van der Waals surface area contributed by atoms with Gasteiger partial charge in [-0.2, -0.15) is 0 Å². The van der Waals surface area contributed by atoms with Crippen molar-refractivity contribution in [2.24, 2.45) is 0 Å². The van der Waals surface area contributed by atoms with Crippen LogP contribution < -0.4 is 5.32 Å². The first-order chi connectivity index (χ1) is 25.1. The summed E-state index contributed by atoms with van der Waals surface area (Å²) in [6.45, 7) is 0.0965. The fourth-order valence-corrected chi connectivity index (χ4v) is 7.85. The Labute approximate surface area is 296 Å². The number of nitrogens with zero attached hydrogens (tertiary/aromatic N) is 1. The highest BCUT2D eigenvalue weighted by Crippen LogP contribution is 2.45. The van der Waals surface area contributed by atoms with Gasteiger partial charge in [-0.05, 0) is 50.6 Å². The molecule has 6 nitrogen and oxygen atoms in total. The zero-order valence-corrected chi connectivity index (χ0v) is 27.9. The second-order valence-electron chi connectivity index (χ2n) is 12.9. The molecule has 51 heavy (non-hydrogen) atoms. The third-order valence-corrected chi connectivity index (χ3v) is 10.1. The van der Waals surface area contributed by atoms with E-state index < -0.39 is 23.6 Å². The summed E-state index contributed by atoms with van der Waals surface area (Å²) in [6, 6.07) is 54.1. The van der Waals surface area contributed by atoms with Crippen LogP contribution in [0.4, 0.5) is 4.79 Å². The van der Waals surface area contributed by atoms with Crippen molar-refractivity contribution >= 4 is 23.0 Å². The highest BCUT2D eigenvalue weighted by molar-refractivity contribution is 5.87. The average Bonchev–Trinajstić information content (AvgIpc) is 3.71. The molecule has 0 spiro atoms. The first-order valence-electron chi connectivity index (χ1n) is 17.2. The molecule has 1 aliphatic rings. The summed E-state index contributed by atoms with van der Waals surface area (Å²) in [7, 11) is 0. The van der Waals surface area contributed by atoms with Crippen molar-refractivity contribution in [2.45, 2.75) is 23.9 Å². The molecule has 1 aromatic heterocycles. The molecule has 0 aliphatic heterocycles. The fraction of sp³-hybridized carbons (Fsp3) is 0.111. The largest absolute Gasteiger partial charge is 0.480 e. The number of benzene rings is 6. The van der Waals surface area contributed by atoms with E-state index in [-0.39, 0.29) is 18.9 Å². The molecule has 8 rings (SSSR count). The molecule has 7 aromatic rings. The average molecular weight is 669 g/mol. The van der Waals surface area contributed by atoms with Crippen LogP contribution in [0, 0.1) is 0 Å². The second-order valence-corrected chi connectivity index (χ2v) is 12.9. The van der Waals surface area contributed by atoms with Crippen LogP contribution in [0.5, 0.6) is 0 Å². The smallest absolute Gasteiger partial charge is 0.407 e. The number of carboxylic acid groups (broad SMARTS) is 1. The van der Waals surface area contributed by atoms with Gasteiger partial charge < -0.3 is 19.7 Å². The van der Waals surface area contributed by atoms with E-state index in [1.54, 1.807) is 0 Å². The number of carbonyl (C=O) groups excluding carboxylic acids is 1. The van der Waals surface area contributed by atoms with Gasteiger partial charge in [-0.15, -0.1) is 0 Å². The molecule has 0 saturated carbocycles. The van der Waals surface area contributed by atoms with E-state index in [1.807, 2.05) is 103 Å². The van der Waals surface area contributed by atoms with Gasteiger partial charge in [0.1, 0.15) is 18.2 Å². The molecule has 1 amide bonds. The lowest BCUT2D eigenvalue weighted by Crippen LogP contribution is -2.43. The Morgan fingerprint density at radius 1 is 0.647 bits per heavy atom. The van der Waals surface area contributed by atoms with Crippen molar-refractivity contribution in [3.05, 3.63) is 203 Å². The van der Waals surface area contributed by atoms with Crippen molar-refractivity contribution in [1.29, 1.82) is 0 Å². The van der Waals surface area contributed by atoms with Crippen molar-refractivity contribution in [2.75, 3.05) is 6.61 Å². The molecule has 2 N–H and O–H groups in total. The molecule has 250 valence electrons. The van der Waals surface area contributed by atoms with Crippen molar-refractivity contribution in [3.63, 3.8) is 0 Å². The third kappa shape index (κ3) is 5.65. The predicted molar refractivity (Wildman–Crippen MR) is 200 cm³/mol. The molecule has 0 unspecified atom stereocenters. The van der Waals surface area contributed by atoms with Crippen molar-refractivity contribution in [3.8, 4) is 11.1 Å². The molecule has 0 bridgehead atoms. The number of alkyl carbamates (subject to hydrolysis) is 1. The van der Waals surface area contributed by atoms with Gasteiger partial charge in [0.2, 0.25) is 0 Å². The molecule has 1 atom stereocenters. The highest BCUT2D eigenvalue weighted by atomic mass is 16.5. The van der Waals surface area contributed by atoms with Crippen molar-refractivity contribution < 1.29 is 19.4 Å². The Morgan fingerprint density at radius 2 is 1.12 bits per heavy atom. The summed E-state index contributed by atoms with van der Waals surface area (Å²) in [4.78, 5) is 26.1. The van der Waals surface area contributed by atoms with Gasteiger partial charge in [0.05, 0.1) is 0 Å². The Morgan fingerprint density at radius 3 is 1.65 bits per heavy atom. The second kappa shape index (κ2) is 13.5. The summed E-state index contributed by atoms with van der Waals surface area (Å²) < 4.78 is 8.01. The van der Waals surface area contributed by atoms with Gasteiger partial charge in [-0.1, -0.05) is 158 Å². The SMILES string of the molecule is O=C(N[C@@H](Cc1cn(C(c2ccccc2)(c2ccccc2)c2ccccc2)c2ccccc12)C(=O)O)OCC1c2ccccc2-c2ccccc21. The van der Waals surface area contributed by atoms with Crippen LogP contribution in [0.15, 0.2) is 170 Å². The first-order valence-corrected chi connectivity index (χ1v) is 17.2. The maximum absolute atomic E-state index is 13.3. The molecule has 1 aliphatic carbocycles. The van der Waals surface area contributed by atoms with Crippen LogP contribution in [0.2, 0.25) is 0 Å². The van der Waals surface area contributed by atoms with E-state index in [0.717, 1.165) is 55.4 Å². The van der Waals surface area contributed by atoms with Crippen LogP contribution in [-0.4, -0.2) is 34.4 Å². The van der Waals surface area contributed by atoms with Gasteiger partial charge in [0.25, 0.3) is 0 Å². The number of hydrogen-bond donors (Lipinski definition) is 2. The number of carbonyl (C=O) groups is 2. The molecule has 6 aromatic carbocycles. The minimum Gasteiger partial charge on any atom is -0.480 e. The predicted octanol–water partition coefficient (Wildman–Crippen LogP) is 9.02. The van der Waals surface area contributed by atoms with E-state index in [4.69, 9.17) is 4.74 Å². The first kappa shape index (κ1) is 31.8. The standard InChI is InChI=1S/C45H36N2O4/c48-43(49)41(46-44(50)51-30-40-38-25-12-10-23-36(38)37-24-11-13-26-39(37)40)28-31-29-47(42-27-15-14-22-35(31)42)45(32-16-4-1-5-17-32,33-18-6-2-7-19-33)34-20-8-3-9-21-34/h1-27,29,40-41H,28,30H2,(H,46,50)(H,48,49)/t41-/m0/s1. The highest BCUT2D eigenvalue weighted by Gasteiger charge is 2.40. The van der Waals surface area contributed by atoms with Crippen LogP contribution in [-0.2, 0) is 21.5 Å². The van der Waals surface area contributed by atoms with E-state index >= 15 is 0 Å². The zero-order chi connectivity index (χ0) is 34.8. The van der Waals surface area contributed by atoms with Gasteiger partial charge in [0, 0.05) is 29.4 Å². The molecular weight excluding hydrogens is 633 g/mol. The normalized spacial score (nSPS) is 12.9. The monoisotopic (exact) mass is 668 g/mol. The molecule has 0 saturated heterocycles. The maximum atomic E-state index is 13.3. The van der Waals surface area contributed by atoms with Crippen LogP contribution in [0.3, 0.4) is 0 Å². The minimum atomic E-state index is -1.22. The molecule has 0 radical (unpaired) electrons. The van der Waals surface area contributed by atoms with E-state index in [9.17, 15) is 14.7 Å². The molecule has 1 heterocycles. The minimum absolute atomic E-state index is 0.0570. The van der Waals surface area contributed by atoms with Crippen LogP contribution in [0.25, 0.3) is 22.0 Å². The number of rotatable bonds is 10. The Balaban J connectivity index is 1.14. The summed E-state index contributed by atoms with van der Waals surface area (Å²) in [5.41, 5.74) is 8.54. The van der Waals surface area contributed by atoms with Gasteiger partial charge in [-0.3, -0.25) is 0 Å². The number of para-hydroxylation sites is 1. The Hall–Kier alpha value is -6.40. The maximum Gasteiger partial charge on any atom is 0.407 e. The fourth-order valence-electron chi connectivity index (χ4n) is 7.85. The topological polar surface area (TPSA) is 80.6 Å². The summed E-state index contributed by atoms with van der Waals surface area (Å²) >= 11 is 0.